The summed E-state index contributed by atoms with van der Waals surface area (Å²) in [4.78, 5) is 14.7. The van der Waals surface area contributed by atoms with E-state index in [0.717, 1.165) is 22.0 Å². The average molecular weight is 373 g/mol. The van der Waals surface area contributed by atoms with E-state index in [1.54, 1.807) is 18.2 Å². The number of rotatable bonds is 5. The maximum Gasteiger partial charge on any atom is 0.252 e. The van der Waals surface area contributed by atoms with Crippen molar-refractivity contribution >= 4 is 17.5 Å². The van der Waals surface area contributed by atoms with Gasteiger partial charge in [-0.3, -0.25) is 14.2 Å². The van der Waals surface area contributed by atoms with Crippen molar-refractivity contribution in [2.24, 2.45) is 0 Å². The Bertz CT molecular complexity index is 1170. The molecule has 6 nitrogen and oxygen atoms in total. The van der Waals surface area contributed by atoms with Gasteiger partial charge in [0.2, 0.25) is 5.78 Å². The summed E-state index contributed by atoms with van der Waals surface area (Å²) in [6, 6.07) is 21.2. The van der Waals surface area contributed by atoms with E-state index in [9.17, 15) is 4.79 Å². The zero-order valence-electron chi connectivity index (χ0n) is 14.3. The van der Waals surface area contributed by atoms with Gasteiger partial charge in [0.25, 0.3) is 5.56 Å². The van der Waals surface area contributed by atoms with Crippen LogP contribution in [0, 0.1) is 11.3 Å². The molecule has 0 saturated carbocycles. The molecule has 0 unspecified atom stereocenters. The summed E-state index contributed by atoms with van der Waals surface area (Å²) in [7, 11) is 0. The standard InChI is InChI=1S/C20H15N5OS/c21-12-15-6-8-16(9-7-15)13-27-20-24-23-19-22-18(26)11-17(25(19)20)10-14-4-2-1-3-5-14/h1-9,11H,10,13H2,(H,22,23,26). The van der Waals surface area contributed by atoms with Crippen molar-refractivity contribution in [1.82, 2.24) is 19.6 Å². The van der Waals surface area contributed by atoms with Crippen LogP contribution in [0.15, 0.2) is 70.6 Å². The maximum absolute atomic E-state index is 12.0. The smallest absolute Gasteiger partial charge is 0.252 e. The van der Waals surface area contributed by atoms with Gasteiger partial charge in [-0.15, -0.1) is 10.2 Å². The predicted octanol–water partition coefficient (Wildman–Crippen LogP) is 3.17. The monoisotopic (exact) mass is 373 g/mol. The van der Waals surface area contributed by atoms with Crippen LogP contribution in [0.25, 0.3) is 5.78 Å². The highest BCUT2D eigenvalue weighted by Crippen LogP contribution is 2.23. The fraction of sp³-hybridized carbons (Fsp3) is 0.100. The van der Waals surface area contributed by atoms with Crippen LogP contribution in [0.3, 0.4) is 0 Å². The Labute approximate surface area is 159 Å². The number of aromatic amines is 1. The quantitative estimate of drug-likeness (QED) is 0.543. The van der Waals surface area contributed by atoms with Gasteiger partial charge < -0.3 is 0 Å². The second kappa shape index (κ2) is 7.48. The summed E-state index contributed by atoms with van der Waals surface area (Å²) in [6.45, 7) is 0. The summed E-state index contributed by atoms with van der Waals surface area (Å²) in [5.41, 5.74) is 3.49. The highest BCUT2D eigenvalue weighted by Gasteiger charge is 2.12. The molecule has 2 heterocycles. The molecule has 0 spiro atoms. The van der Waals surface area contributed by atoms with Crippen molar-refractivity contribution in [2.45, 2.75) is 17.3 Å². The molecule has 0 bridgehead atoms. The predicted molar refractivity (Wildman–Crippen MR) is 104 cm³/mol. The molecule has 0 radical (unpaired) electrons. The molecule has 4 aromatic rings. The molecule has 2 aromatic heterocycles. The van der Waals surface area contributed by atoms with E-state index in [0.29, 0.717) is 23.5 Å². The van der Waals surface area contributed by atoms with E-state index < -0.39 is 0 Å². The third kappa shape index (κ3) is 3.76. The van der Waals surface area contributed by atoms with Crippen molar-refractivity contribution in [2.75, 3.05) is 0 Å². The number of H-pyrrole nitrogens is 1. The number of thioether (sulfide) groups is 1. The van der Waals surface area contributed by atoms with Gasteiger partial charge >= 0.3 is 0 Å². The van der Waals surface area contributed by atoms with Gasteiger partial charge in [-0.1, -0.05) is 54.2 Å². The number of benzene rings is 2. The van der Waals surface area contributed by atoms with Gasteiger partial charge in [0.1, 0.15) is 0 Å². The van der Waals surface area contributed by atoms with Crippen LogP contribution in [0.5, 0.6) is 0 Å². The highest BCUT2D eigenvalue weighted by atomic mass is 32.2. The lowest BCUT2D eigenvalue weighted by molar-refractivity contribution is 0.861. The van der Waals surface area contributed by atoms with Crippen molar-refractivity contribution in [3.05, 3.63) is 93.4 Å². The van der Waals surface area contributed by atoms with Crippen molar-refractivity contribution in [3.63, 3.8) is 0 Å². The van der Waals surface area contributed by atoms with Gasteiger partial charge in [-0.2, -0.15) is 5.26 Å². The summed E-state index contributed by atoms with van der Waals surface area (Å²) in [5, 5.41) is 18.0. The van der Waals surface area contributed by atoms with Crippen LogP contribution in [-0.2, 0) is 12.2 Å². The number of nitrogens with one attached hydrogen (secondary N) is 1. The zero-order valence-corrected chi connectivity index (χ0v) is 15.1. The molecule has 0 aliphatic heterocycles. The molecule has 27 heavy (non-hydrogen) atoms. The minimum Gasteiger partial charge on any atom is -0.291 e. The number of fused-ring (bicyclic) bond motifs is 1. The summed E-state index contributed by atoms with van der Waals surface area (Å²) in [6.07, 6.45) is 0.615. The highest BCUT2D eigenvalue weighted by molar-refractivity contribution is 7.98. The molecule has 1 N–H and O–H groups in total. The van der Waals surface area contributed by atoms with Gasteiger partial charge in [0.15, 0.2) is 5.16 Å². The second-order valence-corrected chi connectivity index (χ2v) is 6.97. The molecule has 4 rings (SSSR count). The first kappa shape index (κ1) is 17.1. The molecule has 7 heteroatoms. The third-order valence-electron chi connectivity index (χ3n) is 4.13. The topological polar surface area (TPSA) is 86.8 Å². The fourth-order valence-corrected chi connectivity index (χ4v) is 3.74. The average Bonchev–Trinajstić information content (AvgIpc) is 3.10. The Hall–Kier alpha value is -3.37. The summed E-state index contributed by atoms with van der Waals surface area (Å²) < 4.78 is 1.89. The third-order valence-corrected chi connectivity index (χ3v) is 5.13. The Balaban J connectivity index is 1.64. The van der Waals surface area contributed by atoms with Crippen LogP contribution in [0.1, 0.15) is 22.4 Å². The van der Waals surface area contributed by atoms with Crippen molar-refractivity contribution in [1.29, 1.82) is 5.26 Å². The van der Waals surface area contributed by atoms with Crippen LogP contribution in [0.2, 0.25) is 0 Å². The Morgan fingerprint density at radius 1 is 1.04 bits per heavy atom. The normalized spacial score (nSPS) is 10.8. The molecule has 2 aromatic carbocycles. The minimum atomic E-state index is -0.190. The Kier molecular flexibility index (Phi) is 4.73. The van der Waals surface area contributed by atoms with E-state index in [1.165, 1.54) is 11.8 Å². The number of aromatic nitrogens is 4. The molecule has 0 fully saturated rings. The molecule has 132 valence electrons. The SMILES string of the molecule is N#Cc1ccc(CSc2nnc3[nH]c(=O)cc(Cc4ccccc4)n23)cc1. The van der Waals surface area contributed by atoms with E-state index in [1.807, 2.05) is 46.9 Å². The number of hydrogen-bond donors (Lipinski definition) is 1. The molecule has 0 aliphatic rings. The Morgan fingerprint density at radius 3 is 2.56 bits per heavy atom. The summed E-state index contributed by atoms with van der Waals surface area (Å²) in [5.74, 6) is 1.13. The number of hydrogen-bond acceptors (Lipinski definition) is 5. The fourth-order valence-electron chi connectivity index (χ4n) is 2.82. The Morgan fingerprint density at radius 2 is 1.81 bits per heavy atom. The van der Waals surface area contributed by atoms with Gasteiger partial charge in [0.05, 0.1) is 11.6 Å². The first-order valence-electron chi connectivity index (χ1n) is 8.36. The van der Waals surface area contributed by atoms with Gasteiger partial charge in [0, 0.05) is 23.9 Å². The largest absolute Gasteiger partial charge is 0.291 e. The minimum absolute atomic E-state index is 0.190. The zero-order chi connectivity index (χ0) is 18.6. The maximum atomic E-state index is 12.0. The first-order chi connectivity index (χ1) is 13.2. The first-order valence-corrected chi connectivity index (χ1v) is 9.34. The molecule has 0 aliphatic carbocycles. The van der Waals surface area contributed by atoms with E-state index >= 15 is 0 Å². The van der Waals surface area contributed by atoms with Gasteiger partial charge in [-0.05, 0) is 23.3 Å². The van der Waals surface area contributed by atoms with Crippen LogP contribution in [-0.4, -0.2) is 19.6 Å². The van der Waals surface area contributed by atoms with E-state index in [4.69, 9.17) is 5.26 Å². The molecule has 0 atom stereocenters. The number of nitriles is 1. The van der Waals surface area contributed by atoms with Crippen molar-refractivity contribution < 1.29 is 0 Å². The summed E-state index contributed by atoms with van der Waals surface area (Å²) >= 11 is 1.54. The second-order valence-electron chi connectivity index (χ2n) is 6.03. The van der Waals surface area contributed by atoms with E-state index in [-0.39, 0.29) is 5.56 Å². The lowest BCUT2D eigenvalue weighted by Crippen LogP contribution is -2.12. The molecule has 0 saturated heterocycles. The lowest BCUT2D eigenvalue weighted by atomic mass is 10.1. The van der Waals surface area contributed by atoms with Crippen LogP contribution < -0.4 is 5.56 Å². The van der Waals surface area contributed by atoms with Crippen LogP contribution >= 0.6 is 11.8 Å². The molecule has 0 amide bonds. The lowest BCUT2D eigenvalue weighted by Gasteiger charge is -2.07. The van der Waals surface area contributed by atoms with Crippen molar-refractivity contribution in [3.8, 4) is 6.07 Å². The van der Waals surface area contributed by atoms with Gasteiger partial charge in [-0.25, -0.2) is 0 Å². The molecular weight excluding hydrogens is 358 g/mol. The van der Waals surface area contributed by atoms with E-state index in [2.05, 4.69) is 21.3 Å². The molecular formula is C20H15N5OS. The number of nitrogens with zero attached hydrogens (tertiary/aromatic N) is 4. The van der Waals surface area contributed by atoms with Crippen LogP contribution in [0.4, 0.5) is 0 Å².